The summed E-state index contributed by atoms with van der Waals surface area (Å²) in [6.07, 6.45) is 1.44. The normalized spacial score (nSPS) is 25.7. The number of fused-ring (bicyclic) bond motifs is 1. The molecule has 1 aliphatic carbocycles. The van der Waals surface area contributed by atoms with Gasteiger partial charge in [0.1, 0.15) is 12.4 Å². The molecule has 0 spiro atoms. The van der Waals surface area contributed by atoms with Crippen molar-refractivity contribution in [3.05, 3.63) is 59.2 Å². The minimum Gasteiger partial charge on any atom is -0.490 e. The topological polar surface area (TPSA) is 90.9 Å². The fourth-order valence-corrected chi connectivity index (χ4v) is 6.22. The Morgan fingerprint density at radius 2 is 1.72 bits per heavy atom. The Hall–Kier alpha value is -2.24. The average molecular weight is 599 g/mol. The Kier molecular flexibility index (Phi) is 12.1. The molecule has 2 N–H and O–H groups in total. The van der Waals surface area contributed by atoms with Gasteiger partial charge in [-0.25, -0.2) is 0 Å². The second-order valence-electron chi connectivity index (χ2n) is 12.2. The van der Waals surface area contributed by atoms with Crippen LogP contribution in [-0.2, 0) is 36.9 Å². The number of nitrogens with one attached hydrogen (secondary N) is 1. The summed E-state index contributed by atoms with van der Waals surface area (Å²) in [5.74, 6) is 2.23. The first kappa shape index (κ1) is 32.2. The minimum absolute atomic E-state index is 0.0303. The van der Waals surface area contributed by atoms with Crippen LogP contribution in [0.2, 0.25) is 0 Å². The van der Waals surface area contributed by atoms with E-state index >= 15 is 0 Å². The molecule has 2 aliphatic heterocycles. The number of nitrogens with zero attached hydrogens (tertiary/aromatic N) is 1. The van der Waals surface area contributed by atoms with E-state index in [1.54, 1.807) is 21.1 Å². The Labute approximate surface area is 256 Å². The zero-order valence-corrected chi connectivity index (χ0v) is 26.0. The molecule has 2 aromatic rings. The highest BCUT2D eigenvalue weighted by molar-refractivity contribution is 5.61. The first-order valence-corrected chi connectivity index (χ1v) is 15.8. The van der Waals surface area contributed by atoms with E-state index in [-0.39, 0.29) is 24.7 Å². The third-order valence-corrected chi connectivity index (χ3v) is 8.68. The maximum Gasteiger partial charge on any atom is 0.142 e. The van der Waals surface area contributed by atoms with Crippen molar-refractivity contribution in [2.24, 2.45) is 11.8 Å². The summed E-state index contributed by atoms with van der Waals surface area (Å²) in [6.45, 7) is 9.43. The molecule has 0 amide bonds. The first-order chi connectivity index (χ1) is 21.1. The molecule has 9 nitrogen and oxygen atoms in total. The van der Waals surface area contributed by atoms with Crippen molar-refractivity contribution in [1.29, 1.82) is 0 Å². The lowest BCUT2D eigenvalue weighted by atomic mass is 9.85. The zero-order valence-electron chi connectivity index (χ0n) is 26.0. The highest BCUT2D eigenvalue weighted by Gasteiger charge is 2.37. The van der Waals surface area contributed by atoms with Gasteiger partial charge in [0.25, 0.3) is 0 Å². The van der Waals surface area contributed by atoms with Crippen molar-refractivity contribution < 1.29 is 33.5 Å². The lowest BCUT2D eigenvalue weighted by Crippen LogP contribution is -2.51. The number of hydrogen-bond donors (Lipinski definition) is 2. The van der Waals surface area contributed by atoms with Gasteiger partial charge in [-0.15, -0.1) is 0 Å². The average Bonchev–Trinajstić information content (AvgIpc) is 3.77. The van der Waals surface area contributed by atoms with Crippen LogP contribution >= 0.6 is 0 Å². The van der Waals surface area contributed by atoms with Crippen molar-refractivity contribution in [1.82, 2.24) is 5.32 Å². The number of benzene rings is 2. The third-order valence-electron chi connectivity index (χ3n) is 8.68. The van der Waals surface area contributed by atoms with Crippen LogP contribution in [0.15, 0.2) is 42.5 Å². The van der Waals surface area contributed by atoms with Crippen molar-refractivity contribution in [2.75, 3.05) is 78.3 Å². The van der Waals surface area contributed by atoms with Crippen LogP contribution in [0.3, 0.4) is 0 Å². The molecule has 2 fully saturated rings. The van der Waals surface area contributed by atoms with Crippen molar-refractivity contribution in [3.8, 4) is 5.75 Å². The summed E-state index contributed by atoms with van der Waals surface area (Å²) in [4.78, 5) is 2.38. The molecule has 2 aromatic carbocycles. The lowest BCUT2D eigenvalue weighted by Gasteiger charge is -2.39. The highest BCUT2D eigenvalue weighted by atomic mass is 16.5. The molecule has 0 aromatic heterocycles. The van der Waals surface area contributed by atoms with E-state index in [0.717, 1.165) is 68.4 Å². The number of anilines is 1. The van der Waals surface area contributed by atoms with Gasteiger partial charge in [0, 0.05) is 53.0 Å². The first-order valence-electron chi connectivity index (χ1n) is 15.8. The molecule has 2 heterocycles. The van der Waals surface area contributed by atoms with E-state index in [1.165, 1.54) is 12.0 Å². The van der Waals surface area contributed by atoms with E-state index in [9.17, 15) is 5.11 Å². The molecule has 1 saturated carbocycles. The lowest BCUT2D eigenvalue weighted by molar-refractivity contribution is -0.0752. The number of rotatable bonds is 17. The predicted molar refractivity (Wildman–Crippen MR) is 166 cm³/mol. The summed E-state index contributed by atoms with van der Waals surface area (Å²) in [5.41, 5.74) is 4.57. The molecule has 0 radical (unpaired) electrons. The minimum atomic E-state index is -0.527. The second kappa shape index (κ2) is 16.2. The molecule has 6 atom stereocenters. The molecule has 5 rings (SSSR count). The Morgan fingerprint density at radius 3 is 2.49 bits per heavy atom. The summed E-state index contributed by atoms with van der Waals surface area (Å²) in [5, 5.41) is 13.4. The summed E-state index contributed by atoms with van der Waals surface area (Å²) < 4.78 is 35.3. The summed E-state index contributed by atoms with van der Waals surface area (Å²) in [6, 6.07) is 15.0. The monoisotopic (exact) mass is 598 g/mol. The third kappa shape index (κ3) is 9.14. The number of aliphatic hydroxyl groups excluding tert-OH is 1. The van der Waals surface area contributed by atoms with E-state index in [4.69, 9.17) is 28.4 Å². The molecular formula is C34H50N2O7. The molecule has 3 unspecified atom stereocenters. The molecule has 1 saturated heterocycles. The van der Waals surface area contributed by atoms with Gasteiger partial charge >= 0.3 is 0 Å². The number of ether oxygens (including phenoxy) is 6. The van der Waals surface area contributed by atoms with Crippen molar-refractivity contribution in [2.45, 2.75) is 57.2 Å². The summed E-state index contributed by atoms with van der Waals surface area (Å²) in [7, 11) is 3.51. The van der Waals surface area contributed by atoms with E-state index in [2.05, 4.69) is 52.7 Å². The van der Waals surface area contributed by atoms with Gasteiger partial charge in [0.2, 0.25) is 0 Å². The predicted octanol–water partition coefficient (Wildman–Crippen LogP) is 3.76. The molecule has 0 bridgehead atoms. The molecule has 3 aliphatic rings. The fraction of sp³-hybridized carbons (Fsp3) is 0.647. The standard InChI is InChI=1S/C34H50N2O7/c1-24(37)19-42-32-17-35-18-33(34(32)27-8-5-25(6-9-27)20-40-23-29-16-28(29)22-39-3)43-21-26-7-10-31-30(15-26)36(12-14-41-31)11-4-13-38-2/h5-10,15,24,28-29,32-35,37H,4,11-14,16-23H2,1-3H3/t24-,28?,29?,32-,33+,34?/m1/s1. The maximum absolute atomic E-state index is 9.93. The van der Waals surface area contributed by atoms with Gasteiger partial charge in [0.15, 0.2) is 0 Å². The molecule has 9 heteroatoms. The second-order valence-corrected chi connectivity index (χ2v) is 12.2. The zero-order chi connectivity index (χ0) is 30.0. The van der Waals surface area contributed by atoms with Crippen LogP contribution in [-0.4, -0.2) is 96.9 Å². The number of hydrogen-bond acceptors (Lipinski definition) is 9. The van der Waals surface area contributed by atoms with Gasteiger partial charge in [-0.3, -0.25) is 0 Å². The van der Waals surface area contributed by atoms with Gasteiger partial charge in [-0.1, -0.05) is 30.3 Å². The van der Waals surface area contributed by atoms with E-state index in [1.807, 2.05) is 0 Å². The van der Waals surface area contributed by atoms with Gasteiger partial charge in [-0.05, 0) is 60.4 Å². The number of aliphatic hydroxyl groups is 1. The van der Waals surface area contributed by atoms with Crippen LogP contribution in [0.5, 0.6) is 5.75 Å². The quantitative estimate of drug-likeness (QED) is 0.264. The fourth-order valence-electron chi connectivity index (χ4n) is 6.22. The van der Waals surface area contributed by atoms with Gasteiger partial charge < -0.3 is 43.7 Å². The largest absolute Gasteiger partial charge is 0.490 e. The van der Waals surface area contributed by atoms with Crippen LogP contribution in [0.25, 0.3) is 0 Å². The SMILES string of the molecule is COCCCN1CCOc2ccc(CO[C@H]3CNC[C@@H](OC[C@@H](C)O)C3c3ccc(COCC4CC4COC)cc3)cc21. The Morgan fingerprint density at radius 1 is 0.953 bits per heavy atom. The van der Waals surface area contributed by atoms with Gasteiger partial charge in [0.05, 0.1) is 57.0 Å². The van der Waals surface area contributed by atoms with E-state index < -0.39 is 6.10 Å². The van der Waals surface area contributed by atoms with Crippen LogP contribution in [0, 0.1) is 11.8 Å². The number of piperidine rings is 1. The highest BCUT2D eigenvalue weighted by Crippen LogP contribution is 2.39. The Balaban J connectivity index is 1.23. The van der Waals surface area contributed by atoms with E-state index in [0.29, 0.717) is 38.2 Å². The van der Waals surface area contributed by atoms with Crippen LogP contribution in [0.4, 0.5) is 5.69 Å². The smallest absolute Gasteiger partial charge is 0.142 e. The molecule has 43 heavy (non-hydrogen) atoms. The maximum atomic E-state index is 9.93. The van der Waals surface area contributed by atoms with Crippen molar-refractivity contribution in [3.63, 3.8) is 0 Å². The molecular weight excluding hydrogens is 548 g/mol. The number of methoxy groups -OCH3 is 2. The van der Waals surface area contributed by atoms with Crippen LogP contribution in [0.1, 0.15) is 42.4 Å². The van der Waals surface area contributed by atoms with Gasteiger partial charge in [-0.2, -0.15) is 0 Å². The Bertz CT molecular complexity index is 1110. The molecule has 238 valence electrons. The van der Waals surface area contributed by atoms with Crippen molar-refractivity contribution >= 4 is 5.69 Å². The summed E-state index contributed by atoms with van der Waals surface area (Å²) >= 11 is 0. The van der Waals surface area contributed by atoms with Crippen LogP contribution < -0.4 is 15.0 Å².